The molecule has 2 heterocycles. The fraction of sp³-hybridized carbons (Fsp3) is 0.0263. The Morgan fingerprint density at radius 3 is 1.89 bits per heavy atom. The summed E-state index contributed by atoms with van der Waals surface area (Å²) in [6, 6.07) is 44.7. The summed E-state index contributed by atoms with van der Waals surface area (Å²) in [7, 11) is 0. The number of nitrogens with one attached hydrogen (secondary N) is 1. The number of nitrogens with zero attached hydrogens (tertiary/aromatic N) is 3. The van der Waals surface area contributed by atoms with Crippen LogP contribution < -0.4 is 10.9 Å². The van der Waals surface area contributed by atoms with Gasteiger partial charge in [0.2, 0.25) is 0 Å². The molecule has 7 rings (SSSR count). The molecule has 0 spiro atoms. The Labute approximate surface area is 264 Å². The van der Waals surface area contributed by atoms with Crippen molar-refractivity contribution >= 4 is 45.5 Å². The number of hydrogen-bond acceptors (Lipinski definition) is 3. The summed E-state index contributed by atoms with van der Waals surface area (Å²) in [5, 5.41) is 6.21. The zero-order valence-electron chi connectivity index (χ0n) is 24.1. The maximum Gasteiger partial charge on any atom is 0.260 e. The van der Waals surface area contributed by atoms with E-state index in [-0.39, 0.29) is 17.9 Å². The lowest BCUT2D eigenvalue weighted by Gasteiger charge is -2.15. The second kappa shape index (κ2) is 12.1. The third-order valence-electron chi connectivity index (χ3n) is 7.81. The first-order chi connectivity index (χ1) is 22.1. The lowest BCUT2D eigenvalue weighted by molar-refractivity contribution is -0.121. The third kappa shape index (κ3) is 5.44. The van der Waals surface area contributed by atoms with E-state index in [1.165, 1.54) is 0 Å². The Bertz CT molecular complexity index is 2190. The molecule has 2 aromatic heterocycles. The molecule has 0 bridgehead atoms. The normalized spacial score (nSPS) is 11.4. The summed E-state index contributed by atoms with van der Waals surface area (Å²) in [4.78, 5) is 26.4. The van der Waals surface area contributed by atoms with E-state index in [2.05, 4.69) is 45.4 Å². The number of para-hydroxylation sites is 2. The Morgan fingerprint density at radius 2 is 1.27 bits per heavy atom. The van der Waals surface area contributed by atoms with Crippen molar-refractivity contribution in [2.24, 2.45) is 5.10 Å². The molecule has 0 unspecified atom stereocenters. The van der Waals surface area contributed by atoms with Gasteiger partial charge in [-0.3, -0.25) is 9.59 Å². The highest BCUT2D eigenvalue weighted by Crippen LogP contribution is 2.35. The van der Waals surface area contributed by atoms with Crippen LogP contribution in [0.25, 0.3) is 50.0 Å². The van der Waals surface area contributed by atoms with Gasteiger partial charge in [0.25, 0.3) is 5.91 Å². The van der Waals surface area contributed by atoms with E-state index in [9.17, 15) is 9.59 Å². The second-order valence-electron chi connectivity index (χ2n) is 10.6. The summed E-state index contributed by atoms with van der Waals surface area (Å²) in [5.74, 6) is -0.313. The standard InChI is InChI=1S/C38H27ClN4O2/c39-29-19-21-30(22-20-29)43-35(26-11-3-1-4-12-26)23-28(37(43)27-13-5-2-6-14-27)24-40-41-36(44)25-42-33-17-9-7-15-31(33)38(45)32-16-8-10-18-34(32)42/h1-24H,25H2,(H,41,44)/b40-24+. The van der Waals surface area contributed by atoms with Crippen LogP contribution in [0.4, 0.5) is 0 Å². The van der Waals surface area contributed by atoms with Crippen molar-refractivity contribution in [3.05, 3.63) is 160 Å². The van der Waals surface area contributed by atoms with Gasteiger partial charge in [-0.15, -0.1) is 0 Å². The van der Waals surface area contributed by atoms with Gasteiger partial charge in [0.05, 0.1) is 28.6 Å². The largest absolute Gasteiger partial charge is 0.331 e. The fourth-order valence-electron chi connectivity index (χ4n) is 5.80. The van der Waals surface area contributed by atoms with Crippen LogP contribution in [0.3, 0.4) is 0 Å². The van der Waals surface area contributed by atoms with Gasteiger partial charge in [0.1, 0.15) is 6.54 Å². The minimum absolute atomic E-state index is 0.00869. The first-order valence-electron chi connectivity index (χ1n) is 14.5. The van der Waals surface area contributed by atoms with Crippen molar-refractivity contribution < 1.29 is 4.79 Å². The first kappa shape index (κ1) is 28.1. The number of benzene rings is 5. The minimum Gasteiger partial charge on any atom is -0.331 e. The van der Waals surface area contributed by atoms with Crippen LogP contribution in [0.1, 0.15) is 5.56 Å². The molecule has 0 fully saturated rings. The smallest absolute Gasteiger partial charge is 0.260 e. The van der Waals surface area contributed by atoms with Crippen molar-refractivity contribution in [3.8, 4) is 28.2 Å². The summed E-state index contributed by atoms with van der Waals surface area (Å²) in [6.07, 6.45) is 1.68. The number of carbonyl (C=O) groups excluding carboxylic acids is 1. The van der Waals surface area contributed by atoms with Gasteiger partial charge >= 0.3 is 0 Å². The van der Waals surface area contributed by atoms with Crippen LogP contribution in [0.15, 0.2) is 149 Å². The van der Waals surface area contributed by atoms with Crippen molar-refractivity contribution in [2.75, 3.05) is 0 Å². The van der Waals surface area contributed by atoms with Crippen LogP contribution in [0.5, 0.6) is 0 Å². The number of pyridine rings is 1. The molecule has 0 aliphatic carbocycles. The van der Waals surface area contributed by atoms with Crippen LogP contribution in [0, 0.1) is 0 Å². The van der Waals surface area contributed by atoms with Crippen molar-refractivity contribution in [3.63, 3.8) is 0 Å². The van der Waals surface area contributed by atoms with Gasteiger partial charge in [-0.25, -0.2) is 5.43 Å². The third-order valence-corrected chi connectivity index (χ3v) is 8.06. The molecule has 45 heavy (non-hydrogen) atoms. The van der Waals surface area contributed by atoms with Crippen LogP contribution >= 0.6 is 11.6 Å². The molecule has 1 amide bonds. The quantitative estimate of drug-likeness (QED) is 0.113. The highest BCUT2D eigenvalue weighted by Gasteiger charge is 2.19. The number of amides is 1. The Hall–Kier alpha value is -5.72. The van der Waals surface area contributed by atoms with Gasteiger partial charge in [-0.05, 0) is 65.7 Å². The zero-order valence-corrected chi connectivity index (χ0v) is 24.9. The van der Waals surface area contributed by atoms with E-state index in [1.807, 2.05) is 102 Å². The van der Waals surface area contributed by atoms with Crippen LogP contribution in [-0.2, 0) is 11.3 Å². The molecular formula is C38H27ClN4O2. The van der Waals surface area contributed by atoms with E-state index in [4.69, 9.17) is 11.6 Å². The predicted octanol–water partition coefficient (Wildman–Crippen LogP) is 8.08. The Balaban J connectivity index is 1.28. The molecule has 0 saturated heterocycles. The molecular weight excluding hydrogens is 580 g/mol. The Morgan fingerprint density at radius 1 is 0.711 bits per heavy atom. The van der Waals surface area contributed by atoms with Gasteiger partial charge in [0, 0.05) is 27.0 Å². The van der Waals surface area contributed by atoms with Crippen molar-refractivity contribution in [2.45, 2.75) is 6.54 Å². The number of hydrazone groups is 1. The number of aromatic nitrogens is 2. The second-order valence-corrected chi connectivity index (χ2v) is 11.1. The molecule has 0 aliphatic rings. The molecule has 7 heteroatoms. The first-order valence-corrected chi connectivity index (χ1v) is 14.9. The molecule has 6 nitrogen and oxygen atoms in total. The average molecular weight is 607 g/mol. The maximum absolute atomic E-state index is 13.3. The molecule has 1 N–H and O–H groups in total. The topological polar surface area (TPSA) is 68.4 Å². The molecule has 0 saturated carbocycles. The molecule has 218 valence electrons. The molecule has 0 radical (unpaired) electrons. The average Bonchev–Trinajstić information content (AvgIpc) is 3.47. The highest BCUT2D eigenvalue weighted by molar-refractivity contribution is 6.30. The summed E-state index contributed by atoms with van der Waals surface area (Å²) in [5.41, 5.74) is 9.75. The number of hydrogen-bond donors (Lipinski definition) is 1. The summed E-state index contributed by atoms with van der Waals surface area (Å²) >= 11 is 6.26. The predicted molar refractivity (Wildman–Crippen MR) is 183 cm³/mol. The van der Waals surface area contributed by atoms with Crippen LogP contribution in [-0.4, -0.2) is 21.3 Å². The van der Waals surface area contributed by atoms with Crippen molar-refractivity contribution in [1.82, 2.24) is 14.6 Å². The summed E-state index contributed by atoms with van der Waals surface area (Å²) < 4.78 is 4.04. The number of rotatable bonds is 7. The fourth-order valence-corrected chi connectivity index (χ4v) is 5.93. The number of carbonyl (C=O) groups is 1. The lowest BCUT2D eigenvalue weighted by Crippen LogP contribution is -2.25. The van der Waals surface area contributed by atoms with Crippen molar-refractivity contribution in [1.29, 1.82) is 0 Å². The molecule has 0 atom stereocenters. The molecule has 0 aliphatic heterocycles. The SMILES string of the molecule is O=C(Cn1c2ccccc2c(=O)c2ccccc21)N/N=C/c1cc(-c2ccccc2)n(-c2ccc(Cl)cc2)c1-c1ccccc1. The van der Waals surface area contributed by atoms with E-state index in [0.29, 0.717) is 26.8 Å². The zero-order chi connectivity index (χ0) is 30.8. The van der Waals surface area contributed by atoms with E-state index in [0.717, 1.165) is 33.8 Å². The van der Waals surface area contributed by atoms with E-state index >= 15 is 0 Å². The lowest BCUT2D eigenvalue weighted by atomic mass is 10.1. The van der Waals surface area contributed by atoms with E-state index < -0.39 is 0 Å². The highest BCUT2D eigenvalue weighted by atomic mass is 35.5. The van der Waals surface area contributed by atoms with Gasteiger partial charge in [0.15, 0.2) is 5.43 Å². The van der Waals surface area contributed by atoms with Gasteiger partial charge in [-0.1, -0.05) is 96.5 Å². The minimum atomic E-state index is -0.313. The van der Waals surface area contributed by atoms with Gasteiger partial charge in [-0.2, -0.15) is 5.10 Å². The Kier molecular flexibility index (Phi) is 7.56. The van der Waals surface area contributed by atoms with Crippen LogP contribution in [0.2, 0.25) is 5.02 Å². The van der Waals surface area contributed by atoms with Gasteiger partial charge < -0.3 is 9.13 Å². The number of fused-ring (bicyclic) bond motifs is 2. The summed E-state index contributed by atoms with van der Waals surface area (Å²) in [6.45, 7) is -0.00869. The molecule has 7 aromatic rings. The maximum atomic E-state index is 13.3. The molecule has 5 aromatic carbocycles. The number of halogens is 1. The van der Waals surface area contributed by atoms with E-state index in [1.54, 1.807) is 18.3 Å². The monoisotopic (exact) mass is 606 g/mol.